The lowest BCUT2D eigenvalue weighted by Crippen LogP contribution is -1.80. The van der Waals surface area contributed by atoms with Gasteiger partial charge in [-0.3, -0.25) is 0 Å². The van der Waals surface area contributed by atoms with Crippen molar-refractivity contribution in [1.82, 2.24) is 0 Å². The van der Waals surface area contributed by atoms with Crippen molar-refractivity contribution >= 4 is 56.6 Å². The standard InChI is InChI=1S/C9H7IS2/c1-5-6-2-3-12-9(6)8(11)4-7(5)10/h2-4,11H,1H3. The highest BCUT2D eigenvalue weighted by Crippen LogP contribution is 2.32. The predicted octanol–water partition coefficient (Wildman–Crippen LogP) is 4.10. The highest BCUT2D eigenvalue weighted by molar-refractivity contribution is 14.1. The van der Waals surface area contributed by atoms with E-state index in [2.05, 4.69) is 59.7 Å². The first-order chi connectivity index (χ1) is 5.70. The van der Waals surface area contributed by atoms with Gasteiger partial charge in [0.2, 0.25) is 0 Å². The molecule has 2 aromatic rings. The van der Waals surface area contributed by atoms with Gasteiger partial charge in [0.05, 0.1) is 0 Å². The van der Waals surface area contributed by atoms with Crippen LogP contribution in [0.4, 0.5) is 0 Å². The van der Waals surface area contributed by atoms with Crippen molar-refractivity contribution in [2.24, 2.45) is 0 Å². The predicted molar refractivity (Wildman–Crippen MR) is 66.5 cm³/mol. The van der Waals surface area contributed by atoms with Crippen molar-refractivity contribution in [3.05, 3.63) is 26.6 Å². The Morgan fingerprint density at radius 1 is 1.50 bits per heavy atom. The number of thiol groups is 1. The van der Waals surface area contributed by atoms with Gasteiger partial charge in [-0.2, -0.15) is 0 Å². The smallest absolute Gasteiger partial charge is 0.0479 e. The van der Waals surface area contributed by atoms with Crippen LogP contribution < -0.4 is 0 Å². The zero-order chi connectivity index (χ0) is 8.72. The van der Waals surface area contributed by atoms with Gasteiger partial charge in [0.25, 0.3) is 0 Å². The molecule has 0 aliphatic heterocycles. The van der Waals surface area contributed by atoms with Crippen molar-refractivity contribution in [2.75, 3.05) is 0 Å². The summed E-state index contributed by atoms with van der Waals surface area (Å²) in [4.78, 5) is 1.09. The molecule has 0 fully saturated rings. The SMILES string of the molecule is Cc1c(I)cc(S)c2sccc12. The lowest BCUT2D eigenvalue weighted by Gasteiger charge is -2.02. The maximum atomic E-state index is 4.44. The van der Waals surface area contributed by atoms with Gasteiger partial charge >= 0.3 is 0 Å². The number of fused-ring (bicyclic) bond motifs is 1. The monoisotopic (exact) mass is 306 g/mol. The molecular weight excluding hydrogens is 299 g/mol. The van der Waals surface area contributed by atoms with E-state index in [4.69, 9.17) is 0 Å². The fourth-order valence-corrected chi connectivity index (χ4v) is 3.35. The summed E-state index contributed by atoms with van der Waals surface area (Å²) in [7, 11) is 0. The molecule has 62 valence electrons. The maximum Gasteiger partial charge on any atom is 0.0479 e. The Morgan fingerprint density at radius 3 is 3.00 bits per heavy atom. The molecule has 0 spiro atoms. The van der Waals surface area contributed by atoms with E-state index in [1.54, 1.807) is 11.3 Å². The van der Waals surface area contributed by atoms with Crippen LogP contribution in [0, 0.1) is 10.5 Å². The molecule has 0 nitrogen and oxygen atoms in total. The molecule has 0 radical (unpaired) electrons. The number of hydrogen-bond donors (Lipinski definition) is 1. The molecule has 1 aromatic carbocycles. The molecule has 0 saturated heterocycles. The summed E-state index contributed by atoms with van der Waals surface area (Å²) in [5.74, 6) is 0. The average molecular weight is 306 g/mol. The van der Waals surface area contributed by atoms with Crippen LogP contribution in [-0.2, 0) is 0 Å². The van der Waals surface area contributed by atoms with Crippen LogP contribution >= 0.6 is 46.6 Å². The zero-order valence-corrected chi connectivity index (χ0v) is 10.3. The van der Waals surface area contributed by atoms with Gasteiger partial charge in [0, 0.05) is 13.2 Å². The van der Waals surface area contributed by atoms with E-state index in [1.165, 1.54) is 19.2 Å². The summed E-state index contributed by atoms with van der Waals surface area (Å²) in [5, 5.41) is 3.46. The van der Waals surface area contributed by atoms with E-state index in [9.17, 15) is 0 Å². The normalized spacial score (nSPS) is 10.9. The number of rotatable bonds is 0. The molecule has 0 aliphatic carbocycles. The van der Waals surface area contributed by atoms with Crippen LogP contribution in [0.25, 0.3) is 10.1 Å². The van der Waals surface area contributed by atoms with Gasteiger partial charge in [-0.05, 0) is 58.0 Å². The Kier molecular flexibility index (Phi) is 2.35. The first kappa shape index (κ1) is 8.84. The van der Waals surface area contributed by atoms with Crippen LogP contribution in [0.2, 0.25) is 0 Å². The summed E-state index contributed by atoms with van der Waals surface area (Å²) in [6, 6.07) is 4.29. The largest absolute Gasteiger partial charge is 0.143 e. The lowest BCUT2D eigenvalue weighted by molar-refractivity contribution is 1.44. The molecule has 0 aliphatic rings. The molecule has 0 N–H and O–H groups in total. The number of halogens is 1. The highest BCUT2D eigenvalue weighted by Gasteiger charge is 2.05. The van der Waals surface area contributed by atoms with E-state index >= 15 is 0 Å². The molecule has 1 heterocycles. The Bertz CT molecular complexity index is 431. The summed E-state index contributed by atoms with van der Waals surface area (Å²) in [5.41, 5.74) is 1.37. The topological polar surface area (TPSA) is 0 Å². The van der Waals surface area contributed by atoms with Crippen molar-refractivity contribution in [2.45, 2.75) is 11.8 Å². The minimum absolute atomic E-state index is 1.09. The van der Waals surface area contributed by atoms with E-state index in [0.717, 1.165) is 4.90 Å². The summed E-state index contributed by atoms with van der Waals surface area (Å²) >= 11 is 8.55. The Morgan fingerprint density at radius 2 is 2.25 bits per heavy atom. The third kappa shape index (κ3) is 1.28. The van der Waals surface area contributed by atoms with Gasteiger partial charge in [-0.1, -0.05) is 0 Å². The molecule has 0 saturated carbocycles. The van der Waals surface area contributed by atoms with Crippen LogP contribution in [0.15, 0.2) is 22.4 Å². The van der Waals surface area contributed by atoms with Gasteiger partial charge in [-0.15, -0.1) is 24.0 Å². The van der Waals surface area contributed by atoms with Crippen LogP contribution in [0.5, 0.6) is 0 Å². The molecule has 0 amide bonds. The van der Waals surface area contributed by atoms with Crippen LogP contribution in [-0.4, -0.2) is 0 Å². The third-order valence-corrected chi connectivity index (χ3v) is 4.50. The van der Waals surface area contributed by atoms with Crippen molar-refractivity contribution in [3.8, 4) is 0 Å². The van der Waals surface area contributed by atoms with E-state index in [0.29, 0.717) is 0 Å². The fourth-order valence-electron chi connectivity index (χ4n) is 1.23. The van der Waals surface area contributed by atoms with Crippen molar-refractivity contribution in [3.63, 3.8) is 0 Å². The van der Waals surface area contributed by atoms with Crippen LogP contribution in [0.3, 0.4) is 0 Å². The van der Waals surface area contributed by atoms with Gasteiger partial charge in [-0.25, -0.2) is 0 Å². The van der Waals surface area contributed by atoms with Crippen molar-refractivity contribution < 1.29 is 0 Å². The number of benzene rings is 1. The van der Waals surface area contributed by atoms with Gasteiger partial charge < -0.3 is 0 Å². The summed E-state index contributed by atoms with van der Waals surface area (Å²) in [6.07, 6.45) is 0. The Balaban J connectivity index is 2.97. The molecule has 2 rings (SSSR count). The molecule has 0 bridgehead atoms. The number of hydrogen-bond acceptors (Lipinski definition) is 2. The number of aryl methyl sites for hydroxylation is 1. The Labute approximate surface area is 94.5 Å². The first-order valence-electron chi connectivity index (χ1n) is 3.55. The molecule has 1 aromatic heterocycles. The van der Waals surface area contributed by atoms with E-state index in [1.807, 2.05) is 0 Å². The molecule has 12 heavy (non-hydrogen) atoms. The highest BCUT2D eigenvalue weighted by atomic mass is 127. The lowest BCUT2D eigenvalue weighted by atomic mass is 10.1. The second kappa shape index (κ2) is 3.20. The number of thiophene rings is 1. The fraction of sp³-hybridized carbons (Fsp3) is 0.111. The van der Waals surface area contributed by atoms with Gasteiger partial charge in [0.15, 0.2) is 0 Å². The summed E-state index contributed by atoms with van der Waals surface area (Å²) in [6.45, 7) is 2.16. The molecular formula is C9H7IS2. The zero-order valence-electron chi connectivity index (χ0n) is 6.47. The quantitative estimate of drug-likeness (QED) is 0.550. The van der Waals surface area contributed by atoms with Crippen molar-refractivity contribution in [1.29, 1.82) is 0 Å². The minimum Gasteiger partial charge on any atom is -0.143 e. The third-order valence-electron chi connectivity index (χ3n) is 1.92. The summed E-state index contributed by atoms with van der Waals surface area (Å²) < 4.78 is 2.60. The average Bonchev–Trinajstić information content (AvgIpc) is 2.48. The minimum atomic E-state index is 1.09. The first-order valence-corrected chi connectivity index (χ1v) is 5.96. The van der Waals surface area contributed by atoms with E-state index < -0.39 is 0 Å². The second-order valence-corrected chi connectivity index (χ2v) is 5.23. The molecule has 0 unspecified atom stereocenters. The maximum absolute atomic E-state index is 4.44. The molecule has 0 atom stereocenters. The van der Waals surface area contributed by atoms with Gasteiger partial charge in [0.1, 0.15) is 0 Å². The second-order valence-electron chi connectivity index (χ2n) is 2.67. The van der Waals surface area contributed by atoms with E-state index in [-0.39, 0.29) is 0 Å². The molecule has 3 heteroatoms. The Hall–Kier alpha value is 0.260. The van der Waals surface area contributed by atoms with Crippen LogP contribution in [0.1, 0.15) is 5.56 Å².